The minimum absolute atomic E-state index is 0.0345. The molecule has 10 heteroatoms. The van der Waals surface area contributed by atoms with E-state index in [1.165, 1.54) is 34.6 Å². The Kier molecular flexibility index (Phi) is 14.4. The fourth-order valence-corrected chi connectivity index (χ4v) is 14.1. The molecule has 10 rings (SSSR count). The average molecular weight is 1120 g/mol. The summed E-state index contributed by atoms with van der Waals surface area (Å²) in [6.07, 6.45) is 0.480. The van der Waals surface area contributed by atoms with Crippen molar-refractivity contribution in [2.45, 2.75) is 126 Å². The third-order valence-corrected chi connectivity index (χ3v) is 20.5. The van der Waals surface area contributed by atoms with Crippen molar-refractivity contribution < 1.29 is 27.7 Å². The zero-order valence-electron chi connectivity index (χ0n) is 50.4. The Morgan fingerprint density at radius 2 is 0.778 bits per heavy atom. The fraction of sp³-hybridized carbons (Fsp3) is 0.296. The van der Waals surface area contributed by atoms with Crippen LogP contribution in [0.3, 0.4) is 0 Å². The van der Waals surface area contributed by atoms with Gasteiger partial charge in [-0.3, -0.25) is 0 Å². The first-order chi connectivity index (χ1) is 37.8. The molecular formula is C71H80F2N2O4Si2. The smallest absolute Gasteiger partial charge is 0.237 e. The molecule has 0 aliphatic rings. The van der Waals surface area contributed by atoms with E-state index in [4.69, 9.17) is 0 Å². The molecule has 0 radical (unpaired) electrons. The number of nitrogens with zero attached hydrogens (tertiary/aromatic N) is 2. The third-order valence-electron chi connectivity index (χ3n) is 16.4. The van der Waals surface area contributed by atoms with Gasteiger partial charge in [-0.15, -0.1) is 0 Å². The molecule has 10 aromatic rings. The summed E-state index contributed by atoms with van der Waals surface area (Å²) in [5.41, 5.74) is 11.9. The monoisotopic (exact) mass is 1120 g/mol. The van der Waals surface area contributed by atoms with Crippen LogP contribution in [0.4, 0.5) is 8.78 Å². The summed E-state index contributed by atoms with van der Waals surface area (Å²) in [6, 6.07) is 40.6. The number of aromatic nitrogens is 2. The minimum Gasteiger partial charge on any atom is -0.711 e. The van der Waals surface area contributed by atoms with Gasteiger partial charge in [-0.05, 0) is 148 Å². The van der Waals surface area contributed by atoms with Gasteiger partial charge in [0.05, 0.1) is 60.7 Å². The first-order valence-electron chi connectivity index (χ1n) is 28.3. The first-order valence-corrected chi connectivity index (χ1v) is 35.3. The van der Waals surface area contributed by atoms with E-state index < -0.39 is 27.8 Å². The number of phenols is 2. The summed E-state index contributed by atoms with van der Waals surface area (Å²) >= 11 is 0. The number of phenolic OH excluding ortho intramolecular Hbond substituents is 2. The Hall–Kier alpha value is -7.15. The summed E-state index contributed by atoms with van der Waals surface area (Å²) in [6.45, 7) is 35.5. The molecule has 6 nitrogen and oxygen atoms in total. The van der Waals surface area contributed by atoms with Gasteiger partial charge in [0.25, 0.3) is 0 Å². The molecule has 420 valence electrons. The third kappa shape index (κ3) is 10.5. The zero-order valence-corrected chi connectivity index (χ0v) is 52.4. The van der Waals surface area contributed by atoms with Crippen LogP contribution in [0.5, 0.6) is 23.0 Å². The highest BCUT2D eigenvalue weighted by Crippen LogP contribution is 2.51. The van der Waals surface area contributed by atoms with E-state index in [-0.39, 0.29) is 22.3 Å². The van der Waals surface area contributed by atoms with Gasteiger partial charge in [-0.25, -0.2) is 8.78 Å². The predicted octanol–water partition coefficient (Wildman–Crippen LogP) is 19.0. The molecule has 0 amide bonds. The summed E-state index contributed by atoms with van der Waals surface area (Å²) in [7, 11) is 5.49. The van der Waals surface area contributed by atoms with Crippen LogP contribution in [-0.2, 0) is 19.6 Å². The van der Waals surface area contributed by atoms with E-state index in [1.54, 1.807) is 0 Å². The summed E-state index contributed by atoms with van der Waals surface area (Å²) in [5, 5.41) is 32.8. The second kappa shape index (κ2) is 20.4. The lowest BCUT2D eigenvalue weighted by molar-refractivity contribution is -0.0170. The van der Waals surface area contributed by atoms with Crippen LogP contribution < -0.4 is 10.4 Å². The van der Waals surface area contributed by atoms with E-state index >= 15 is 8.78 Å². The number of hydrogen-bond acceptors (Lipinski definition) is 2. The molecule has 0 fully saturated rings. The highest BCUT2D eigenvalue weighted by molar-refractivity contribution is 6.89. The van der Waals surface area contributed by atoms with Crippen LogP contribution in [0, 0.1) is 53.5 Å². The highest BCUT2D eigenvalue weighted by atomic mass is 28.3. The molecule has 0 aliphatic carbocycles. The number of aryl methyl sites for hydroxylation is 4. The van der Waals surface area contributed by atoms with Crippen LogP contribution >= 0.6 is 0 Å². The molecule has 2 aromatic heterocycles. The van der Waals surface area contributed by atoms with Gasteiger partial charge in [-0.2, -0.15) is 0 Å². The van der Waals surface area contributed by atoms with Crippen molar-refractivity contribution in [3.63, 3.8) is 0 Å². The summed E-state index contributed by atoms with van der Waals surface area (Å²) in [4.78, 5) is 0. The number of benzene rings is 8. The Bertz CT molecular complexity index is 3890. The number of halogens is 2. The molecule has 81 heavy (non-hydrogen) atoms. The van der Waals surface area contributed by atoms with E-state index in [1.807, 2.05) is 26.0 Å². The lowest BCUT2D eigenvalue weighted by Crippen LogP contribution is -2.37. The van der Waals surface area contributed by atoms with Crippen molar-refractivity contribution in [3.8, 4) is 56.6 Å². The molecular weight excluding hydrogens is 1040 g/mol. The fourth-order valence-electron chi connectivity index (χ4n) is 11.8. The molecule has 2 heterocycles. The largest absolute Gasteiger partial charge is 0.711 e. The standard InChI is InChI=1S/C71H80F2N2O4Si2/c1-42-20-24-52-54-26-22-50(80(13,14)15)40-62(54)74(60(52)30-42)64-36-46(70(5,6)7)34-56(66(64)76)58-38-48(72)32-44(3)68(58)78(11)28-19-29-79(12)69-45(4)33-49(73)39-59(69)57-35-47(71(8,9)10)37-65(67(57)77)75-61-31-43(2)21-25-53(61)55-27-23-51(41-63(55)75)81(16,17)18/h20-27,30-41,76-77H,11-12,19,28-29H2,1-10,13-18H3. The molecule has 0 bridgehead atoms. The van der Waals surface area contributed by atoms with Crippen LogP contribution in [-0.4, -0.2) is 48.7 Å². The molecule has 0 unspecified atom stereocenters. The van der Waals surface area contributed by atoms with Crippen molar-refractivity contribution in [1.29, 1.82) is 0 Å². The second-order valence-corrected chi connectivity index (χ2v) is 37.1. The summed E-state index contributed by atoms with van der Waals surface area (Å²) < 4.78 is 42.5. The number of fused-ring (bicyclic) bond motifs is 6. The minimum atomic E-state index is -1.76. The Morgan fingerprint density at radius 1 is 0.444 bits per heavy atom. The number of hydrogen-bond donors (Lipinski definition) is 2. The first kappa shape index (κ1) is 57.1. The van der Waals surface area contributed by atoms with Gasteiger partial charge in [0.1, 0.15) is 29.6 Å². The van der Waals surface area contributed by atoms with Crippen molar-refractivity contribution in [2.75, 3.05) is 13.2 Å². The summed E-state index contributed by atoms with van der Waals surface area (Å²) in [5.74, 6) is 0.422. The SMILES string of the molecule is [CH2-][O+](CCC[O+]([CH2-])c1c(C)cc(F)cc1-c1cc(C(C)(C)C)cc(-n2c3cc(C)ccc3c3ccc([Si](C)(C)C)cc32)c1O)c1c(C)cc(F)cc1-c1cc(C(C)(C)C)cc(-n2c3cc(C)ccc3c3ccc([Si](C)(C)C)cc32)c1O. The van der Waals surface area contributed by atoms with Crippen LogP contribution in [0.2, 0.25) is 39.3 Å². The zero-order chi connectivity index (χ0) is 58.7. The highest BCUT2D eigenvalue weighted by Gasteiger charge is 2.31. The topological polar surface area (TPSA) is 55.7 Å². The molecule has 0 saturated carbocycles. The van der Waals surface area contributed by atoms with Gasteiger partial charge in [0, 0.05) is 43.8 Å². The van der Waals surface area contributed by atoms with Gasteiger partial charge in [-0.1, -0.05) is 140 Å². The quantitative estimate of drug-likeness (QED) is 0.0728. The van der Waals surface area contributed by atoms with Crippen molar-refractivity contribution >= 4 is 70.1 Å². The van der Waals surface area contributed by atoms with Gasteiger partial charge >= 0.3 is 0 Å². The maximum absolute atomic E-state index is 16.0. The number of rotatable bonds is 12. The van der Waals surface area contributed by atoms with Crippen LogP contribution in [0.25, 0.3) is 77.2 Å². The molecule has 0 spiro atoms. The van der Waals surface area contributed by atoms with E-state index in [9.17, 15) is 10.2 Å². The molecule has 8 aromatic carbocycles. The maximum atomic E-state index is 16.0. The predicted molar refractivity (Wildman–Crippen MR) is 344 cm³/mol. The van der Waals surface area contributed by atoms with E-state index in [0.717, 1.165) is 65.9 Å². The lowest BCUT2D eigenvalue weighted by Gasteiger charge is -2.34. The van der Waals surface area contributed by atoms with E-state index in [2.05, 4.69) is 212 Å². The van der Waals surface area contributed by atoms with Crippen molar-refractivity contribution in [3.05, 3.63) is 181 Å². The Morgan fingerprint density at radius 3 is 1.11 bits per heavy atom. The van der Waals surface area contributed by atoms with Crippen molar-refractivity contribution in [2.24, 2.45) is 0 Å². The maximum Gasteiger partial charge on any atom is 0.237 e. The molecule has 2 N–H and O–H groups in total. The Balaban J connectivity index is 1.05. The van der Waals surface area contributed by atoms with Gasteiger partial charge in [0.2, 0.25) is 11.5 Å². The lowest BCUT2D eigenvalue weighted by atomic mass is 9.84. The normalized spacial score (nSPS) is 12.7. The molecule has 0 atom stereocenters. The van der Waals surface area contributed by atoms with Crippen LogP contribution in [0.1, 0.15) is 81.3 Å². The van der Waals surface area contributed by atoms with Crippen molar-refractivity contribution in [1.82, 2.24) is 9.13 Å². The molecule has 0 saturated heterocycles. The van der Waals surface area contributed by atoms with Crippen LogP contribution in [0.15, 0.2) is 121 Å². The van der Waals surface area contributed by atoms with Gasteiger partial charge in [0.15, 0.2) is 13.2 Å². The molecule has 0 aliphatic heterocycles. The van der Waals surface area contributed by atoms with E-state index in [0.29, 0.717) is 75.9 Å². The second-order valence-electron chi connectivity index (χ2n) is 26.9. The van der Waals surface area contributed by atoms with Gasteiger partial charge < -0.3 is 28.1 Å². The Labute approximate surface area is 480 Å². The number of aromatic hydroxyl groups is 2. The average Bonchev–Trinajstić information content (AvgIpc) is 4.10.